The molecule has 13 heteroatoms. The maximum absolute atomic E-state index is 15.0. The zero-order valence-electron chi connectivity index (χ0n) is 18.3. The third-order valence-electron chi connectivity index (χ3n) is 5.56. The summed E-state index contributed by atoms with van der Waals surface area (Å²) < 4.78 is 56.5. The Bertz CT molecular complexity index is 1320. The van der Waals surface area contributed by atoms with Gasteiger partial charge in [-0.15, -0.1) is 0 Å². The van der Waals surface area contributed by atoms with Crippen LogP contribution in [0.2, 0.25) is 5.02 Å². The van der Waals surface area contributed by atoms with Crippen molar-refractivity contribution in [2.45, 2.75) is 17.4 Å². The average Bonchev–Trinajstić information content (AvgIpc) is 3.45. The number of hydrogen-bond acceptors (Lipinski definition) is 6. The molecule has 3 aromatic rings. The van der Waals surface area contributed by atoms with Crippen molar-refractivity contribution in [3.8, 4) is 0 Å². The lowest BCUT2D eigenvalue weighted by Crippen LogP contribution is -2.29. The minimum atomic E-state index is -4.49. The number of nitrogens with one attached hydrogen (secondary N) is 2. The highest BCUT2D eigenvalue weighted by molar-refractivity contribution is 7.94. The van der Waals surface area contributed by atoms with E-state index in [2.05, 4.69) is 15.7 Å². The van der Waals surface area contributed by atoms with Crippen molar-refractivity contribution in [2.75, 3.05) is 34.2 Å². The van der Waals surface area contributed by atoms with Crippen molar-refractivity contribution in [2.24, 2.45) is 7.05 Å². The second-order valence-electron chi connectivity index (χ2n) is 7.84. The number of nitrogens with zero attached hydrogens (tertiary/aromatic N) is 4. The van der Waals surface area contributed by atoms with Crippen LogP contribution in [0.15, 0.2) is 47.5 Å². The van der Waals surface area contributed by atoms with Gasteiger partial charge in [-0.2, -0.15) is 17.3 Å². The fourth-order valence-corrected chi connectivity index (χ4v) is 5.44. The Balaban J connectivity index is 1.65. The van der Waals surface area contributed by atoms with E-state index in [9.17, 15) is 12.8 Å². The topological polar surface area (TPSA) is 82.5 Å². The zero-order valence-corrected chi connectivity index (χ0v) is 20.6. The summed E-state index contributed by atoms with van der Waals surface area (Å²) in [7, 11) is -1.03. The van der Waals surface area contributed by atoms with Crippen molar-refractivity contribution in [1.29, 1.82) is 0 Å². The fraction of sp³-hybridized carbons (Fsp3) is 0.286. The van der Waals surface area contributed by atoms with Gasteiger partial charge in [0.15, 0.2) is 5.82 Å². The van der Waals surface area contributed by atoms with E-state index in [0.717, 1.165) is 18.6 Å². The average molecular weight is 531 g/mol. The molecule has 0 saturated carbocycles. The number of aromatic nitrogens is 2. The van der Waals surface area contributed by atoms with Crippen LogP contribution in [0, 0.1) is 11.6 Å². The molecule has 182 valence electrons. The van der Waals surface area contributed by atoms with Crippen LogP contribution in [0.4, 0.5) is 31.7 Å². The minimum absolute atomic E-state index is 0.0594. The van der Waals surface area contributed by atoms with Crippen LogP contribution >= 0.6 is 23.4 Å². The van der Waals surface area contributed by atoms with Gasteiger partial charge < -0.3 is 15.5 Å². The van der Waals surface area contributed by atoms with Gasteiger partial charge in [-0.1, -0.05) is 11.6 Å². The van der Waals surface area contributed by atoms with Gasteiger partial charge in [0.1, 0.15) is 16.5 Å². The molecule has 1 unspecified atom stereocenters. The van der Waals surface area contributed by atoms with E-state index in [4.69, 9.17) is 23.4 Å². The van der Waals surface area contributed by atoms with Crippen molar-refractivity contribution < 1.29 is 17.2 Å². The Morgan fingerprint density at radius 2 is 1.94 bits per heavy atom. The predicted octanol–water partition coefficient (Wildman–Crippen LogP) is 4.24. The molecule has 0 bridgehead atoms. The van der Waals surface area contributed by atoms with E-state index in [-0.39, 0.29) is 22.6 Å². The molecule has 1 fully saturated rings. The van der Waals surface area contributed by atoms with Crippen LogP contribution in [0.3, 0.4) is 0 Å². The van der Waals surface area contributed by atoms with Crippen molar-refractivity contribution in [1.82, 2.24) is 15.1 Å². The summed E-state index contributed by atoms with van der Waals surface area (Å²) in [5, 5.41) is 10.1. The summed E-state index contributed by atoms with van der Waals surface area (Å²) in [6, 6.07) is 7.76. The Morgan fingerprint density at radius 1 is 1.18 bits per heavy atom. The Hall–Kier alpha value is -2.60. The number of benzene rings is 2. The Labute approximate surface area is 206 Å². The quantitative estimate of drug-likeness (QED) is 0.444. The molecule has 4 rings (SSSR count). The fourth-order valence-electron chi connectivity index (χ4n) is 3.76. The van der Waals surface area contributed by atoms with Crippen molar-refractivity contribution in [3.05, 3.63) is 59.3 Å². The number of anilines is 4. The van der Waals surface area contributed by atoms with E-state index in [1.54, 1.807) is 7.05 Å². The van der Waals surface area contributed by atoms with Crippen LogP contribution < -0.4 is 19.4 Å². The van der Waals surface area contributed by atoms with Gasteiger partial charge in [-0.3, -0.25) is 4.68 Å². The molecule has 2 aromatic carbocycles. The molecule has 8 nitrogen and oxygen atoms in total. The van der Waals surface area contributed by atoms with Gasteiger partial charge in [0.05, 0.1) is 22.1 Å². The van der Waals surface area contributed by atoms with Crippen molar-refractivity contribution >= 4 is 56.3 Å². The molecule has 1 saturated heterocycles. The number of aryl methyl sites for hydroxylation is 1. The molecular formula is C21H22Cl2F2N6O2S. The van der Waals surface area contributed by atoms with E-state index >= 15 is 4.39 Å². The third-order valence-corrected chi connectivity index (χ3v) is 8.07. The lowest BCUT2D eigenvalue weighted by atomic mass is 10.2. The minimum Gasteiger partial charge on any atom is -0.368 e. The Morgan fingerprint density at radius 3 is 2.59 bits per heavy atom. The summed E-state index contributed by atoms with van der Waals surface area (Å²) >= 11 is 12.3. The van der Waals surface area contributed by atoms with E-state index in [1.807, 2.05) is 11.9 Å². The summed E-state index contributed by atoms with van der Waals surface area (Å²) in [6.45, 7) is 1.38. The highest BCUT2D eigenvalue weighted by Crippen LogP contribution is 2.37. The monoisotopic (exact) mass is 530 g/mol. The molecule has 0 aliphatic carbocycles. The molecular weight excluding hydrogens is 509 g/mol. The van der Waals surface area contributed by atoms with Crippen LogP contribution in [0.25, 0.3) is 0 Å². The van der Waals surface area contributed by atoms with Crippen LogP contribution in [-0.4, -0.2) is 44.4 Å². The van der Waals surface area contributed by atoms with Gasteiger partial charge in [-0.05, 0) is 37.7 Å². The smallest absolute Gasteiger partial charge is 0.282 e. The zero-order chi connectivity index (χ0) is 24.6. The third kappa shape index (κ3) is 4.78. The maximum atomic E-state index is 15.0. The van der Waals surface area contributed by atoms with Gasteiger partial charge in [0.25, 0.3) is 10.0 Å². The Kier molecular flexibility index (Phi) is 6.90. The number of sulfonamides is 1. The first-order chi connectivity index (χ1) is 16.1. The molecule has 0 spiro atoms. The normalized spacial score (nSPS) is 16.2. The second-order valence-corrected chi connectivity index (χ2v) is 10.5. The van der Waals surface area contributed by atoms with E-state index in [0.29, 0.717) is 28.3 Å². The molecule has 1 aromatic heterocycles. The lowest BCUT2D eigenvalue weighted by Gasteiger charge is -2.23. The van der Waals surface area contributed by atoms with Crippen LogP contribution in [0.1, 0.15) is 6.42 Å². The summed E-state index contributed by atoms with van der Waals surface area (Å²) in [5.74, 6) is -1.57. The molecule has 0 amide bonds. The van der Waals surface area contributed by atoms with Gasteiger partial charge in [0, 0.05) is 56.3 Å². The SMILES string of the molecule is CNC1CCN(c2cc(F)ccc2Nc2cc(F)c(S(=O)(=O)N(Cl)c3ccn(C)n3)cc2Cl)C1. The van der Waals surface area contributed by atoms with Gasteiger partial charge in [-0.25, -0.2) is 8.78 Å². The predicted molar refractivity (Wildman–Crippen MR) is 129 cm³/mol. The van der Waals surface area contributed by atoms with Crippen LogP contribution in [0.5, 0.6) is 0 Å². The number of hydrogen-bond donors (Lipinski definition) is 2. The molecule has 34 heavy (non-hydrogen) atoms. The standard InChI is InChI=1S/C21H22Cl2F2N6O2S/c1-26-14-5-8-30(12-14)19-9-13(24)3-4-17(19)27-18-11-16(25)20(10-15(18)22)34(32,33)31(23)21-6-7-29(2)28-21/h3-4,6-7,9-11,14,26-27H,5,8,12H2,1-2H3. The first-order valence-corrected chi connectivity index (χ1v) is 12.4. The van der Waals surface area contributed by atoms with Crippen LogP contribution in [-0.2, 0) is 17.1 Å². The summed E-state index contributed by atoms with van der Waals surface area (Å²) in [6.07, 6.45) is 2.38. The lowest BCUT2D eigenvalue weighted by molar-refractivity contribution is 0.568. The summed E-state index contributed by atoms with van der Waals surface area (Å²) in [5.41, 5.74) is 1.21. The number of halogens is 4. The molecule has 1 aliphatic rings. The van der Waals surface area contributed by atoms with Crippen molar-refractivity contribution in [3.63, 3.8) is 0 Å². The second kappa shape index (κ2) is 9.57. The molecule has 1 atom stereocenters. The number of likely N-dealkylation sites (N-methyl/N-ethyl adjacent to an activating group) is 1. The first-order valence-electron chi connectivity index (χ1n) is 10.3. The highest BCUT2D eigenvalue weighted by Gasteiger charge is 2.30. The largest absolute Gasteiger partial charge is 0.368 e. The maximum Gasteiger partial charge on any atom is 0.282 e. The first kappa shape index (κ1) is 24.5. The summed E-state index contributed by atoms with van der Waals surface area (Å²) in [4.78, 5) is 1.30. The van der Waals surface area contributed by atoms with E-state index < -0.39 is 26.6 Å². The van der Waals surface area contributed by atoms with E-state index in [1.165, 1.54) is 35.1 Å². The molecule has 1 aliphatic heterocycles. The van der Waals surface area contributed by atoms with Gasteiger partial charge >= 0.3 is 0 Å². The highest BCUT2D eigenvalue weighted by atomic mass is 35.5. The molecule has 2 heterocycles. The molecule has 2 N–H and O–H groups in total. The molecule has 0 radical (unpaired) electrons. The number of rotatable bonds is 7. The van der Waals surface area contributed by atoms with Gasteiger partial charge in [0.2, 0.25) is 0 Å².